The molecule has 0 spiro atoms. The molecule has 6 unspecified atom stereocenters. The molecule has 1 heteroatoms. The molecule has 0 aliphatic heterocycles. The highest BCUT2D eigenvalue weighted by Gasteiger charge is 2.56. The highest BCUT2D eigenvalue weighted by molar-refractivity contribution is 5.53. The van der Waals surface area contributed by atoms with Gasteiger partial charge in [0.2, 0.25) is 0 Å². The van der Waals surface area contributed by atoms with Crippen molar-refractivity contribution in [2.24, 2.45) is 23.7 Å². The first kappa shape index (κ1) is 20.9. The first-order chi connectivity index (χ1) is 14.5. The molecule has 4 aliphatic rings. The molecule has 0 radical (unpaired) electrons. The van der Waals surface area contributed by atoms with Crippen LogP contribution in [0.4, 0.5) is 0 Å². The average molecular weight is 409 g/mol. The quantitative estimate of drug-likeness (QED) is 0.459. The summed E-state index contributed by atoms with van der Waals surface area (Å²) in [6.07, 6.45) is 18.9. The molecule has 166 valence electrons. The van der Waals surface area contributed by atoms with E-state index in [1.807, 2.05) is 0 Å². The smallest absolute Gasteiger partial charge is 0.123 e. The topological polar surface area (TPSA) is 20.2 Å². The first-order valence-corrected chi connectivity index (χ1v) is 13.4. The summed E-state index contributed by atoms with van der Waals surface area (Å²) >= 11 is 0. The maximum absolute atomic E-state index is 12.0. The zero-order valence-electron chi connectivity index (χ0n) is 19.8. The number of phenolic OH excluding ortho intramolecular Hbond substituents is 1. The predicted molar refractivity (Wildman–Crippen MR) is 126 cm³/mol. The van der Waals surface area contributed by atoms with Gasteiger partial charge >= 0.3 is 0 Å². The fourth-order valence-corrected chi connectivity index (χ4v) is 8.92. The Balaban J connectivity index is 1.56. The number of fused-ring (bicyclic) bond motifs is 4. The Hall–Kier alpha value is -0.980. The SMILES string of the molecule is CCCCC1CC2CCC1(c1cc(C)cc(C34CCC(CC3CCCC)C4)c1O)C2. The van der Waals surface area contributed by atoms with Crippen LogP contribution in [0.2, 0.25) is 0 Å². The molecule has 1 N–H and O–H groups in total. The summed E-state index contributed by atoms with van der Waals surface area (Å²) in [7, 11) is 0. The summed E-state index contributed by atoms with van der Waals surface area (Å²) in [6.45, 7) is 6.95. The van der Waals surface area contributed by atoms with Gasteiger partial charge in [-0.25, -0.2) is 0 Å². The Morgan fingerprint density at radius 3 is 1.70 bits per heavy atom. The average Bonchev–Trinajstić information content (AvgIpc) is 3.51. The molecule has 1 nitrogen and oxygen atoms in total. The van der Waals surface area contributed by atoms with Crippen molar-refractivity contribution in [2.75, 3.05) is 0 Å². The molecular weight excluding hydrogens is 364 g/mol. The zero-order valence-corrected chi connectivity index (χ0v) is 19.8. The highest BCUT2D eigenvalue weighted by Crippen LogP contribution is 2.65. The van der Waals surface area contributed by atoms with Gasteiger partial charge in [0.15, 0.2) is 0 Å². The maximum Gasteiger partial charge on any atom is 0.123 e. The Labute approximate surface area is 185 Å². The fraction of sp³-hybridized carbons (Fsp3) is 0.793. The van der Waals surface area contributed by atoms with Crippen LogP contribution in [0.25, 0.3) is 0 Å². The van der Waals surface area contributed by atoms with E-state index in [0.717, 1.165) is 29.4 Å². The van der Waals surface area contributed by atoms with Gasteiger partial charge in [0.1, 0.15) is 5.75 Å². The molecule has 0 aromatic heterocycles. The molecule has 1 aromatic carbocycles. The van der Waals surface area contributed by atoms with Gasteiger partial charge in [0, 0.05) is 22.0 Å². The number of rotatable bonds is 8. The van der Waals surface area contributed by atoms with Gasteiger partial charge in [-0.15, -0.1) is 0 Å². The Morgan fingerprint density at radius 1 is 0.833 bits per heavy atom. The van der Waals surface area contributed by atoms with Gasteiger partial charge in [-0.1, -0.05) is 57.2 Å². The Kier molecular flexibility index (Phi) is 5.47. The molecule has 0 heterocycles. The minimum atomic E-state index is 0.275. The molecule has 5 rings (SSSR count). The van der Waals surface area contributed by atoms with Gasteiger partial charge < -0.3 is 5.11 Å². The van der Waals surface area contributed by atoms with E-state index in [2.05, 4.69) is 32.9 Å². The molecule has 4 fully saturated rings. The summed E-state index contributed by atoms with van der Waals surface area (Å²) in [6, 6.07) is 4.81. The second-order valence-electron chi connectivity index (χ2n) is 11.9. The number of aromatic hydroxyl groups is 1. The third kappa shape index (κ3) is 3.08. The van der Waals surface area contributed by atoms with Crippen molar-refractivity contribution in [1.82, 2.24) is 0 Å². The van der Waals surface area contributed by atoms with Crippen molar-refractivity contribution in [1.29, 1.82) is 0 Å². The molecule has 4 aliphatic carbocycles. The van der Waals surface area contributed by atoms with E-state index in [9.17, 15) is 5.11 Å². The lowest BCUT2D eigenvalue weighted by Gasteiger charge is -2.41. The minimum absolute atomic E-state index is 0.275. The number of hydrogen-bond donors (Lipinski definition) is 1. The van der Waals surface area contributed by atoms with E-state index >= 15 is 0 Å². The molecule has 4 saturated carbocycles. The molecule has 4 bridgehead atoms. The van der Waals surface area contributed by atoms with Crippen molar-refractivity contribution in [3.8, 4) is 5.75 Å². The van der Waals surface area contributed by atoms with Crippen molar-refractivity contribution in [3.05, 3.63) is 28.8 Å². The highest BCUT2D eigenvalue weighted by atomic mass is 16.3. The molecule has 30 heavy (non-hydrogen) atoms. The standard InChI is InChI=1S/C29H44O/c1-4-6-8-23-16-21-10-12-28(23,18-21)25-14-20(3)15-26(27(25)30)29-13-11-22(19-29)17-24(29)9-7-5-2/h14-15,21-24,30H,4-13,16-19H2,1-3H3. The van der Waals surface area contributed by atoms with Gasteiger partial charge in [0.05, 0.1) is 0 Å². The van der Waals surface area contributed by atoms with Crippen LogP contribution in [-0.2, 0) is 10.8 Å². The monoisotopic (exact) mass is 408 g/mol. The normalized spacial score (nSPS) is 39.3. The van der Waals surface area contributed by atoms with Crippen molar-refractivity contribution in [3.63, 3.8) is 0 Å². The van der Waals surface area contributed by atoms with E-state index in [1.165, 1.54) is 107 Å². The summed E-state index contributed by atoms with van der Waals surface area (Å²) in [5, 5.41) is 12.0. The van der Waals surface area contributed by atoms with E-state index in [-0.39, 0.29) is 10.8 Å². The molecule has 0 amide bonds. The van der Waals surface area contributed by atoms with Gasteiger partial charge in [-0.3, -0.25) is 0 Å². The van der Waals surface area contributed by atoms with Crippen LogP contribution in [0.5, 0.6) is 5.75 Å². The van der Waals surface area contributed by atoms with Gasteiger partial charge in [-0.2, -0.15) is 0 Å². The lowest BCUT2D eigenvalue weighted by atomic mass is 9.64. The third-order valence-corrected chi connectivity index (χ3v) is 10.2. The lowest BCUT2D eigenvalue weighted by molar-refractivity contribution is 0.239. The van der Waals surface area contributed by atoms with E-state index in [0.29, 0.717) is 0 Å². The second-order valence-corrected chi connectivity index (χ2v) is 11.9. The Bertz CT molecular complexity index is 720. The minimum Gasteiger partial charge on any atom is -0.507 e. The fourth-order valence-electron chi connectivity index (χ4n) is 8.92. The first-order valence-electron chi connectivity index (χ1n) is 13.4. The van der Waals surface area contributed by atoms with Gasteiger partial charge in [-0.05, 0) is 94.8 Å². The summed E-state index contributed by atoms with van der Waals surface area (Å²) in [4.78, 5) is 0. The Morgan fingerprint density at radius 2 is 1.30 bits per heavy atom. The largest absolute Gasteiger partial charge is 0.507 e. The van der Waals surface area contributed by atoms with Crippen molar-refractivity contribution in [2.45, 2.75) is 121 Å². The number of hydrogen-bond acceptors (Lipinski definition) is 1. The van der Waals surface area contributed by atoms with Crippen LogP contribution >= 0.6 is 0 Å². The maximum atomic E-state index is 12.0. The number of unbranched alkanes of at least 4 members (excludes halogenated alkanes) is 2. The molecular formula is C29H44O. The number of aryl methyl sites for hydroxylation is 1. The number of benzene rings is 1. The lowest BCUT2D eigenvalue weighted by Crippen LogP contribution is -2.33. The zero-order chi connectivity index (χ0) is 20.9. The molecule has 1 aromatic rings. The molecule has 0 saturated heterocycles. The number of phenols is 1. The predicted octanol–water partition coefficient (Wildman–Crippen LogP) is 8.20. The summed E-state index contributed by atoms with van der Waals surface area (Å²) in [5.41, 5.74) is 4.69. The second kappa shape index (κ2) is 7.86. The van der Waals surface area contributed by atoms with Crippen molar-refractivity contribution < 1.29 is 5.11 Å². The van der Waals surface area contributed by atoms with E-state index in [4.69, 9.17) is 0 Å². The van der Waals surface area contributed by atoms with Crippen LogP contribution in [-0.4, -0.2) is 5.11 Å². The van der Waals surface area contributed by atoms with Crippen LogP contribution in [0.3, 0.4) is 0 Å². The summed E-state index contributed by atoms with van der Waals surface area (Å²) < 4.78 is 0. The van der Waals surface area contributed by atoms with Crippen molar-refractivity contribution >= 4 is 0 Å². The summed E-state index contributed by atoms with van der Waals surface area (Å²) in [5.74, 6) is 4.16. The third-order valence-electron chi connectivity index (χ3n) is 10.2. The van der Waals surface area contributed by atoms with E-state index in [1.54, 1.807) is 0 Å². The van der Waals surface area contributed by atoms with E-state index < -0.39 is 0 Å². The molecule has 6 atom stereocenters. The van der Waals surface area contributed by atoms with Gasteiger partial charge in [0.25, 0.3) is 0 Å². The van der Waals surface area contributed by atoms with Crippen LogP contribution in [0.15, 0.2) is 12.1 Å². The van der Waals surface area contributed by atoms with Crippen LogP contribution in [0.1, 0.15) is 120 Å². The van der Waals surface area contributed by atoms with Crippen LogP contribution in [0, 0.1) is 30.6 Å². The van der Waals surface area contributed by atoms with Crippen LogP contribution < -0.4 is 0 Å².